The van der Waals surface area contributed by atoms with Gasteiger partial charge in [-0.25, -0.2) is 13.9 Å². The molecule has 4 unspecified atom stereocenters. The van der Waals surface area contributed by atoms with Crippen molar-refractivity contribution in [2.24, 2.45) is 11.8 Å². The molecule has 3 aliphatic rings. The molecular formula is C22H33N3O3S. The van der Waals surface area contributed by atoms with Gasteiger partial charge in [0.2, 0.25) is 0 Å². The molecule has 3 N–H and O–H groups in total. The van der Waals surface area contributed by atoms with Gasteiger partial charge in [-0.1, -0.05) is 23.8 Å². The van der Waals surface area contributed by atoms with Crippen molar-refractivity contribution in [3.05, 3.63) is 41.5 Å². The quantitative estimate of drug-likeness (QED) is 0.616. The smallest absolute Gasteiger partial charge is 0.175 e. The van der Waals surface area contributed by atoms with Crippen LogP contribution in [0, 0.1) is 11.8 Å². The van der Waals surface area contributed by atoms with Crippen LogP contribution in [-0.2, 0) is 14.7 Å². The van der Waals surface area contributed by atoms with Crippen LogP contribution in [0.4, 0.5) is 0 Å². The Kier molecular flexibility index (Phi) is 6.71. The largest absolute Gasteiger partial charge is 0.301 e. The van der Waals surface area contributed by atoms with Gasteiger partial charge in [-0.15, -0.1) is 0 Å². The third-order valence-corrected chi connectivity index (χ3v) is 7.58. The second kappa shape index (κ2) is 9.27. The molecule has 0 saturated carbocycles. The highest BCUT2D eigenvalue weighted by Gasteiger charge is 2.32. The molecule has 7 heteroatoms. The molecule has 160 valence electrons. The lowest BCUT2D eigenvalue weighted by atomic mass is 9.79. The number of hydrogen-bond acceptors (Lipinski definition) is 6. The fourth-order valence-corrected chi connectivity index (χ4v) is 5.39. The lowest BCUT2D eigenvalue weighted by Crippen LogP contribution is -2.51. The molecule has 0 bridgehead atoms. The van der Waals surface area contributed by atoms with Crippen LogP contribution in [0.2, 0.25) is 0 Å². The van der Waals surface area contributed by atoms with Crippen molar-refractivity contribution in [3.63, 3.8) is 0 Å². The van der Waals surface area contributed by atoms with E-state index in [2.05, 4.69) is 22.2 Å². The molecule has 2 saturated heterocycles. The maximum Gasteiger partial charge on any atom is 0.175 e. The van der Waals surface area contributed by atoms with E-state index in [0.717, 1.165) is 38.1 Å². The molecule has 6 nitrogen and oxygen atoms in total. The number of benzene rings is 1. The van der Waals surface area contributed by atoms with E-state index in [1.54, 1.807) is 17.7 Å². The maximum absolute atomic E-state index is 11.8. The van der Waals surface area contributed by atoms with Crippen molar-refractivity contribution in [2.75, 3.05) is 26.0 Å². The second-order valence-electron chi connectivity index (χ2n) is 8.74. The Morgan fingerprint density at radius 3 is 2.66 bits per heavy atom. The third kappa shape index (κ3) is 5.47. The molecular weight excluding hydrogens is 386 g/mol. The molecule has 4 atom stereocenters. The Hall–Kier alpha value is -1.25. The zero-order valence-corrected chi connectivity index (χ0v) is 18.0. The molecule has 1 aromatic carbocycles. The second-order valence-corrected chi connectivity index (χ2v) is 10.8. The van der Waals surface area contributed by atoms with Gasteiger partial charge in [0.1, 0.15) is 0 Å². The predicted octanol–water partition coefficient (Wildman–Crippen LogP) is 2.70. The average Bonchev–Trinajstić information content (AvgIpc) is 3.26. The first kappa shape index (κ1) is 21.0. The van der Waals surface area contributed by atoms with E-state index >= 15 is 0 Å². The molecule has 29 heavy (non-hydrogen) atoms. The number of piperidine rings is 1. The predicted molar refractivity (Wildman–Crippen MR) is 114 cm³/mol. The minimum atomic E-state index is -3.17. The summed E-state index contributed by atoms with van der Waals surface area (Å²) in [4.78, 5) is 5.66. The van der Waals surface area contributed by atoms with Gasteiger partial charge in [-0.2, -0.15) is 0 Å². The van der Waals surface area contributed by atoms with Gasteiger partial charge in [0.05, 0.1) is 17.7 Å². The Bertz CT molecular complexity index is 816. The van der Waals surface area contributed by atoms with E-state index in [9.17, 15) is 8.42 Å². The van der Waals surface area contributed by atoms with Crippen LogP contribution in [0.3, 0.4) is 0 Å². The van der Waals surface area contributed by atoms with Crippen molar-refractivity contribution >= 4 is 9.84 Å². The summed E-state index contributed by atoms with van der Waals surface area (Å²) in [6.07, 6.45) is 11.2. The zero-order valence-electron chi connectivity index (χ0n) is 17.2. The van der Waals surface area contributed by atoms with Gasteiger partial charge in [0.15, 0.2) is 9.84 Å². The normalized spacial score (nSPS) is 30.9. The van der Waals surface area contributed by atoms with E-state index in [-0.39, 0.29) is 12.2 Å². The summed E-state index contributed by atoms with van der Waals surface area (Å²) in [5, 5.41) is 7.49. The number of sulfone groups is 1. The van der Waals surface area contributed by atoms with Crippen LogP contribution in [0.5, 0.6) is 0 Å². The molecule has 0 radical (unpaired) electrons. The lowest BCUT2D eigenvalue weighted by Gasteiger charge is -2.39. The Labute approximate surface area is 174 Å². The Morgan fingerprint density at radius 2 is 2.00 bits per heavy atom. The Morgan fingerprint density at radius 1 is 1.17 bits per heavy atom. The Balaban J connectivity index is 1.49. The topological polar surface area (TPSA) is 79.5 Å². The van der Waals surface area contributed by atoms with Crippen LogP contribution >= 0.6 is 0 Å². The van der Waals surface area contributed by atoms with Crippen molar-refractivity contribution in [2.45, 2.75) is 55.6 Å². The van der Waals surface area contributed by atoms with Crippen LogP contribution in [0.15, 0.2) is 40.8 Å². The fraction of sp³-hybridized carbons (Fsp3) is 0.636. The number of hydroxylamine groups is 1. The van der Waals surface area contributed by atoms with Crippen LogP contribution in [-0.4, -0.2) is 40.5 Å². The summed E-state index contributed by atoms with van der Waals surface area (Å²) >= 11 is 0. The van der Waals surface area contributed by atoms with Crippen LogP contribution < -0.4 is 16.1 Å². The lowest BCUT2D eigenvalue weighted by molar-refractivity contribution is 0.0963. The van der Waals surface area contributed by atoms with E-state index in [1.165, 1.54) is 31.9 Å². The summed E-state index contributed by atoms with van der Waals surface area (Å²) in [7, 11) is -3.17. The molecule has 4 rings (SSSR count). The van der Waals surface area contributed by atoms with Gasteiger partial charge >= 0.3 is 0 Å². The highest BCUT2D eigenvalue weighted by Crippen LogP contribution is 2.37. The first-order valence-electron chi connectivity index (χ1n) is 10.8. The molecule has 0 spiro atoms. The monoisotopic (exact) mass is 419 g/mol. The van der Waals surface area contributed by atoms with Gasteiger partial charge < -0.3 is 10.2 Å². The van der Waals surface area contributed by atoms with E-state index < -0.39 is 9.84 Å². The van der Waals surface area contributed by atoms with E-state index in [0.29, 0.717) is 16.7 Å². The molecule has 1 aliphatic carbocycles. The molecule has 2 heterocycles. The minimum absolute atomic E-state index is 0.223. The van der Waals surface area contributed by atoms with Crippen molar-refractivity contribution in [3.8, 4) is 0 Å². The van der Waals surface area contributed by atoms with Crippen LogP contribution in [0.25, 0.3) is 0 Å². The number of nitrogens with one attached hydrogen (secondary N) is 3. The number of rotatable bonds is 6. The van der Waals surface area contributed by atoms with E-state index in [1.807, 2.05) is 12.1 Å². The van der Waals surface area contributed by atoms with E-state index in [4.69, 9.17) is 4.84 Å². The van der Waals surface area contributed by atoms with Crippen molar-refractivity contribution < 1.29 is 13.3 Å². The summed E-state index contributed by atoms with van der Waals surface area (Å²) in [6.45, 7) is 2.57. The van der Waals surface area contributed by atoms with Crippen LogP contribution in [0.1, 0.15) is 50.1 Å². The summed E-state index contributed by atoms with van der Waals surface area (Å²) in [6, 6.07) is 7.63. The summed E-state index contributed by atoms with van der Waals surface area (Å²) in [5.74, 6) is 1.07. The van der Waals surface area contributed by atoms with Crippen molar-refractivity contribution in [1.29, 1.82) is 0 Å². The minimum Gasteiger partial charge on any atom is -0.301 e. The number of hydrogen-bond donors (Lipinski definition) is 3. The van der Waals surface area contributed by atoms with Gasteiger partial charge in [0.25, 0.3) is 0 Å². The van der Waals surface area contributed by atoms with Gasteiger partial charge in [0, 0.05) is 31.3 Å². The standard InChI is InChI=1S/C22H33N3O3S/c1-29(26,27)20-9-7-18(8-10-20)21-11-19(17-5-3-2-4-6-17)12-22(25-21)23-13-16-14-24-28-15-16/h5,7-10,16,19,21-25H,2-4,6,11-15H2,1H3. The van der Waals surface area contributed by atoms with Gasteiger partial charge in [-0.05, 0) is 62.1 Å². The van der Waals surface area contributed by atoms with Gasteiger partial charge in [-0.3, -0.25) is 5.32 Å². The first-order valence-corrected chi connectivity index (χ1v) is 12.7. The zero-order chi connectivity index (χ0) is 20.3. The molecule has 2 fully saturated rings. The average molecular weight is 420 g/mol. The third-order valence-electron chi connectivity index (χ3n) is 6.45. The highest BCUT2D eigenvalue weighted by molar-refractivity contribution is 7.90. The summed E-state index contributed by atoms with van der Waals surface area (Å²) < 4.78 is 23.6. The SMILES string of the molecule is CS(=O)(=O)c1ccc(C2CC(C3=CCCCC3)CC(NCC3CNOC3)N2)cc1. The first-order chi connectivity index (χ1) is 14.0. The molecule has 0 aromatic heterocycles. The fourth-order valence-electron chi connectivity index (χ4n) is 4.76. The molecule has 1 aromatic rings. The molecule has 0 amide bonds. The number of allylic oxidation sites excluding steroid dienone is 2. The van der Waals surface area contributed by atoms with Crippen molar-refractivity contribution in [1.82, 2.24) is 16.1 Å². The maximum atomic E-state index is 11.8. The highest BCUT2D eigenvalue weighted by atomic mass is 32.2. The summed E-state index contributed by atoms with van der Waals surface area (Å²) in [5.41, 5.74) is 5.74. The molecule has 2 aliphatic heterocycles.